The van der Waals surface area contributed by atoms with Crippen LogP contribution in [0.2, 0.25) is 0 Å². The molecule has 2 aliphatic heterocycles. The Bertz CT molecular complexity index is 1240. The molecule has 0 radical (unpaired) electrons. The fraction of sp³-hybridized carbons (Fsp3) is 0.464. The van der Waals surface area contributed by atoms with E-state index in [1.807, 2.05) is 21.7 Å². The Balaban J connectivity index is 1.70. The summed E-state index contributed by atoms with van der Waals surface area (Å²) in [5, 5.41) is 7.22. The lowest BCUT2D eigenvalue weighted by atomic mass is 9.88. The van der Waals surface area contributed by atoms with Gasteiger partial charge in [0.1, 0.15) is 12.4 Å². The smallest absolute Gasteiger partial charge is 0.242 e. The molecule has 6 nitrogen and oxygen atoms in total. The van der Waals surface area contributed by atoms with E-state index in [4.69, 9.17) is 5.10 Å². The molecule has 1 atom stereocenters. The van der Waals surface area contributed by atoms with Crippen molar-refractivity contribution >= 4 is 40.7 Å². The molecule has 0 bridgehead atoms. The summed E-state index contributed by atoms with van der Waals surface area (Å²) in [6.07, 6.45) is 3.21. The minimum atomic E-state index is -0.244. The molecule has 3 aromatic rings. The molecule has 2 aliphatic rings. The fourth-order valence-corrected chi connectivity index (χ4v) is 7.16. The number of aromatic nitrogens is 2. The standard InChI is InChI=1S/C28H34N4O2S2/c1-19-10-12-20(13-11-19)32-27-24(26(29-32)28(2,3)4)25(21-9-8-16-35-21)36-18-23(34)31(27)17-22(33)30-14-6-5-7-15-30/h8-13,16,25H,5-7,14-15,17-18H2,1-4H3. The summed E-state index contributed by atoms with van der Waals surface area (Å²) < 4.78 is 1.91. The first-order valence-electron chi connectivity index (χ1n) is 12.7. The molecule has 2 aromatic heterocycles. The fourth-order valence-electron chi connectivity index (χ4n) is 4.98. The first-order valence-corrected chi connectivity index (χ1v) is 14.6. The molecule has 190 valence electrons. The Hall–Kier alpha value is -2.58. The number of rotatable bonds is 4. The van der Waals surface area contributed by atoms with E-state index in [0.717, 1.165) is 60.7 Å². The molecule has 5 rings (SSSR count). The van der Waals surface area contributed by atoms with E-state index in [9.17, 15) is 9.59 Å². The number of thioether (sulfide) groups is 1. The number of carbonyl (C=O) groups is 2. The summed E-state index contributed by atoms with van der Waals surface area (Å²) in [6.45, 7) is 10.1. The molecule has 36 heavy (non-hydrogen) atoms. The van der Waals surface area contributed by atoms with Gasteiger partial charge in [-0.05, 0) is 49.8 Å². The molecule has 2 amide bonds. The van der Waals surface area contributed by atoms with Crippen molar-refractivity contribution in [1.29, 1.82) is 0 Å². The number of thiophene rings is 1. The number of amides is 2. The average molecular weight is 523 g/mol. The second kappa shape index (κ2) is 10.1. The average Bonchev–Trinajstić information content (AvgIpc) is 3.50. The van der Waals surface area contributed by atoms with Gasteiger partial charge >= 0.3 is 0 Å². The molecule has 0 N–H and O–H groups in total. The summed E-state index contributed by atoms with van der Waals surface area (Å²) in [7, 11) is 0. The Kier molecular flexibility index (Phi) is 7.01. The van der Waals surface area contributed by atoms with Crippen molar-refractivity contribution in [1.82, 2.24) is 14.7 Å². The first kappa shape index (κ1) is 25.1. The third-order valence-corrected chi connectivity index (χ3v) is 9.20. The van der Waals surface area contributed by atoms with Gasteiger partial charge in [0.2, 0.25) is 11.8 Å². The van der Waals surface area contributed by atoms with Gasteiger partial charge < -0.3 is 4.90 Å². The SMILES string of the molecule is Cc1ccc(-n2nc(C(C)(C)C)c3c2N(CC(=O)N2CCCCC2)C(=O)CSC3c2cccs2)cc1. The maximum atomic E-state index is 13.7. The second-order valence-corrected chi connectivity index (χ2v) is 12.8. The van der Waals surface area contributed by atoms with Gasteiger partial charge in [0.05, 0.1) is 22.4 Å². The lowest BCUT2D eigenvalue weighted by Gasteiger charge is -2.30. The maximum absolute atomic E-state index is 13.7. The summed E-state index contributed by atoms with van der Waals surface area (Å²) in [4.78, 5) is 32.0. The number of fused-ring (bicyclic) bond motifs is 1. The van der Waals surface area contributed by atoms with Crippen LogP contribution in [-0.4, -0.2) is 51.9 Å². The van der Waals surface area contributed by atoms with Crippen molar-refractivity contribution in [3.63, 3.8) is 0 Å². The largest absolute Gasteiger partial charge is 0.341 e. The zero-order chi connectivity index (χ0) is 25.4. The van der Waals surface area contributed by atoms with Gasteiger partial charge in [0.25, 0.3) is 0 Å². The Labute approximate surface area is 221 Å². The quantitative estimate of drug-likeness (QED) is 0.440. The van der Waals surface area contributed by atoms with Gasteiger partial charge in [-0.15, -0.1) is 23.1 Å². The van der Waals surface area contributed by atoms with Crippen molar-refractivity contribution in [2.75, 3.05) is 30.3 Å². The Morgan fingerprint density at radius 3 is 2.44 bits per heavy atom. The summed E-state index contributed by atoms with van der Waals surface area (Å²) in [6, 6.07) is 12.4. The number of carbonyl (C=O) groups excluding carboxylic acids is 2. The van der Waals surface area contributed by atoms with Crippen LogP contribution in [0.3, 0.4) is 0 Å². The molecular weight excluding hydrogens is 488 g/mol. The Morgan fingerprint density at radius 2 is 1.81 bits per heavy atom. The number of hydrogen-bond donors (Lipinski definition) is 0. The summed E-state index contributed by atoms with van der Waals surface area (Å²) >= 11 is 3.35. The highest BCUT2D eigenvalue weighted by Gasteiger charge is 2.40. The number of hydrogen-bond acceptors (Lipinski definition) is 5. The molecule has 4 heterocycles. The van der Waals surface area contributed by atoms with Crippen LogP contribution in [-0.2, 0) is 15.0 Å². The molecule has 1 unspecified atom stereocenters. The van der Waals surface area contributed by atoms with Crippen LogP contribution in [0.1, 0.15) is 67.0 Å². The molecular formula is C28H34N4O2S2. The molecule has 8 heteroatoms. The molecule has 0 saturated carbocycles. The van der Waals surface area contributed by atoms with Gasteiger partial charge in [-0.3, -0.25) is 14.5 Å². The number of likely N-dealkylation sites (tertiary alicyclic amines) is 1. The third kappa shape index (κ3) is 4.85. The van der Waals surface area contributed by atoms with E-state index in [1.54, 1.807) is 28.0 Å². The van der Waals surface area contributed by atoms with Crippen molar-refractivity contribution < 1.29 is 9.59 Å². The van der Waals surface area contributed by atoms with E-state index in [-0.39, 0.29) is 29.0 Å². The van der Waals surface area contributed by atoms with Crippen LogP contribution < -0.4 is 4.90 Å². The highest BCUT2D eigenvalue weighted by atomic mass is 32.2. The van der Waals surface area contributed by atoms with Crippen LogP contribution >= 0.6 is 23.1 Å². The third-order valence-electron chi connectivity index (χ3n) is 6.88. The van der Waals surface area contributed by atoms with Crippen molar-refractivity contribution in [2.24, 2.45) is 0 Å². The molecule has 1 aromatic carbocycles. The van der Waals surface area contributed by atoms with Crippen LogP contribution in [0.5, 0.6) is 0 Å². The minimum Gasteiger partial charge on any atom is -0.341 e. The monoisotopic (exact) mass is 522 g/mol. The van der Waals surface area contributed by atoms with E-state index >= 15 is 0 Å². The predicted octanol–water partition coefficient (Wildman–Crippen LogP) is 5.72. The second-order valence-electron chi connectivity index (χ2n) is 10.7. The predicted molar refractivity (Wildman–Crippen MR) is 148 cm³/mol. The molecule has 1 fully saturated rings. The highest BCUT2D eigenvalue weighted by Crippen LogP contribution is 2.49. The first-order chi connectivity index (χ1) is 17.2. The van der Waals surface area contributed by atoms with Crippen molar-refractivity contribution in [3.8, 4) is 5.69 Å². The zero-order valence-corrected chi connectivity index (χ0v) is 23.1. The molecule has 0 spiro atoms. The van der Waals surface area contributed by atoms with Gasteiger partial charge in [0.15, 0.2) is 0 Å². The van der Waals surface area contributed by atoms with Gasteiger partial charge in [-0.25, -0.2) is 4.68 Å². The normalized spacial score (nSPS) is 18.8. The molecule has 0 aliphatic carbocycles. The lowest BCUT2D eigenvalue weighted by Crippen LogP contribution is -2.45. The number of anilines is 1. The van der Waals surface area contributed by atoms with E-state index in [2.05, 4.69) is 57.3 Å². The van der Waals surface area contributed by atoms with E-state index in [1.165, 1.54) is 4.88 Å². The molecule has 1 saturated heterocycles. The number of nitrogens with zero attached hydrogens (tertiary/aromatic N) is 4. The van der Waals surface area contributed by atoms with Crippen LogP contribution in [0, 0.1) is 6.92 Å². The minimum absolute atomic E-state index is 0.0162. The number of benzene rings is 1. The van der Waals surface area contributed by atoms with Gasteiger partial charge in [-0.1, -0.05) is 44.5 Å². The number of piperidine rings is 1. The van der Waals surface area contributed by atoms with E-state index < -0.39 is 0 Å². The van der Waals surface area contributed by atoms with Crippen LogP contribution in [0.4, 0.5) is 5.82 Å². The van der Waals surface area contributed by atoms with E-state index in [0.29, 0.717) is 5.75 Å². The summed E-state index contributed by atoms with van der Waals surface area (Å²) in [5.74, 6) is 1.03. The zero-order valence-electron chi connectivity index (χ0n) is 21.5. The van der Waals surface area contributed by atoms with Gasteiger partial charge in [-0.2, -0.15) is 5.10 Å². The van der Waals surface area contributed by atoms with Crippen LogP contribution in [0.15, 0.2) is 41.8 Å². The highest BCUT2D eigenvalue weighted by molar-refractivity contribution is 8.00. The Morgan fingerprint density at radius 1 is 1.08 bits per heavy atom. The summed E-state index contributed by atoms with van der Waals surface area (Å²) in [5.41, 5.74) is 3.83. The van der Waals surface area contributed by atoms with Crippen molar-refractivity contribution in [3.05, 3.63) is 63.5 Å². The topological polar surface area (TPSA) is 58.4 Å². The number of aryl methyl sites for hydroxylation is 1. The van der Waals surface area contributed by atoms with Crippen molar-refractivity contribution in [2.45, 2.75) is 57.6 Å². The maximum Gasteiger partial charge on any atom is 0.242 e. The van der Waals surface area contributed by atoms with Gasteiger partial charge in [0, 0.05) is 28.9 Å². The lowest BCUT2D eigenvalue weighted by molar-refractivity contribution is -0.132. The van der Waals surface area contributed by atoms with Crippen LogP contribution in [0.25, 0.3) is 5.69 Å².